The van der Waals surface area contributed by atoms with E-state index in [4.69, 9.17) is 0 Å². The van der Waals surface area contributed by atoms with E-state index >= 15 is 0 Å². The van der Waals surface area contributed by atoms with E-state index < -0.39 is 0 Å². The summed E-state index contributed by atoms with van der Waals surface area (Å²) in [6.07, 6.45) is 2.42. The molecule has 1 N–H and O–H groups in total. The van der Waals surface area contributed by atoms with Crippen molar-refractivity contribution in [3.05, 3.63) is 33.8 Å². The van der Waals surface area contributed by atoms with Crippen LogP contribution in [0.4, 0.5) is 0 Å². The number of hydrogen-bond donors (Lipinski definition) is 1. The van der Waals surface area contributed by atoms with Crippen LogP contribution in [0.25, 0.3) is 0 Å². The molecule has 3 heteroatoms. The minimum absolute atomic E-state index is 0.523. The SMILES string of the molecule is CCC(CC)N(C)Cc1ccc(CNC(C)C)cc1Br. The highest BCUT2D eigenvalue weighted by molar-refractivity contribution is 9.10. The van der Waals surface area contributed by atoms with E-state index in [1.165, 1.54) is 28.4 Å². The van der Waals surface area contributed by atoms with Gasteiger partial charge in [-0.1, -0.05) is 55.8 Å². The second kappa shape index (κ2) is 8.81. The van der Waals surface area contributed by atoms with Crippen LogP contribution in [-0.4, -0.2) is 24.0 Å². The van der Waals surface area contributed by atoms with Crippen molar-refractivity contribution in [2.75, 3.05) is 7.05 Å². The average molecular weight is 341 g/mol. The first-order valence-corrected chi connectivity index (χ1v) is 8.48. The molecule has 0 aliphatic carbocycles. The monoisotopic (exact) mass is 340 g/mol. The second-order valence-electron chi connectivity index (χ2n) is 5.85. The van der Waals surface area contributed by atoms with Crippen molar-refractivity contribution < 1.29 is 0 Å². The molecule has 0 unspecified atom stereocenters. The molecule has 20 heavy (non-hydrogen) atoms. The van der Waals surface area contributed by atoms with Crippen LogP contribution in [0.5, 0.6) is 0 Å². The van der Waals surface area contributed by atoms with Crippen LogP contribution in [-0.2, 0) is 13.1 Å². The zero-order valence-corrected chi connectivity index (χ0v) is 15.1. The van der Waals surface area contributed by atoms with Gasteiger partial charge in [-0.15, -0.1) is 0 Å². The third-order valence-corrected chi connectivity index (χ3v) is 4.56. The Labute approximate surface area is 133 Å². The maximum Gasteiger partial charge on any atom is 0.0244 e. The molecule has 0 spiro atoms. The Hall–Kier alpha value is -0.380. The molecule has 1 aromatic rings. The molecule has 1 rings (SSSR count). The molecule has 2 nitrogen and oxygen atoms in total. The van der Waals surface area contributed by atoms with Crippen molar-refractivity contribution >= 4 is 15.9 Å². The zero-order valence-electron chi connectivity index (χ0n) is 13.5. The van der Waals surface area contributed by atoms with Gasteiger partial charge in [0.2, 0.25) is 0 Å². The van der Waals surface area contributed by atoms with Gasteiger partial charge in [-0.25, -0.2) is 0 Å². The van der Waals surface area contributed by atoms with Crippen LogP contribution in [0.1, 0.15) is 51.7 Å². The van der Waals surface area contributed by atoms with Gasteiger partial charge < -0.3 is 5.32 Å². The Morgan fingerprint density at radius 2 is 1.85 bits per heavy atom. The van der Waals surface area contributed by atoms with Crippen molar-refractivity contribution in [2.24, 2.45) is 0 Å². The van der Waals surface area contributed by atoms with Gasteiger partial charge in [0.1, 0.15) is 0 Å². The molecule has 114 valence electrons. The first-order valence-electron chi connectivity index (χ1n) is 7.68. The summed E-state index contributed by atoms with van der Waals surface area (Å²) in [7, 11) is 2.22. The Balaban J connectivity index is 2.68. The third kappa shape index (κ3) is 5.55. The maximum absolute atomic E-state index is 3.72. The van der Waals surface area contributed by atoms with Crippen LogP contribution in [0, 0.1) is 0 Å². The molecule has 0 atom stereocenters. The standard InChI is InChI=1S/C17H29BrN2/c1-6-16(7-2)20(5)12-15-9-8-14(10-17(15)18)11-19-13(3)4/h8-10,13,16,19H,6-7,11-12H2,1-5H3. The summed E-state index contributed by atoms with van der Waals surface area (Å²) in [5, 5.41) is 3.45. The van der Waals surface area contributed by atoms with Crippen LogP contribution < -0.4 is 5.32 Å². The van der Waals surface area contributed by atoms with Crippen LogP contribution >= 0.6 is 15.9 Å². The van der Waals surface area contributed by atoms with Gasteiger partial charge >= 0.3 is 0 Å². The third-order valence-electron chi connectivity index (χ3n) is 3.82. The highest BCUT2D eigenvalue weighted by Gasteiger charge is 2.12. The van der Waals surface area contributed by atoms with Crippen molar-refractivity contribution in [3.8, 4) is 0 Å². The minimum Gasteiger partial charge on any atom is -0.310 e. The molecular weight excluding hydrogens is 312 g/mol. The van der Waals surface area contributed by atoms with Gasteiger partial charge in [-0.3, -0.25) is 4.90 Å². The van der Waals surface area contributed by atoms with Crippen molar-refractivity contribution in [1.29, 1.82) is 0 Å². The van der Waals surface area contributed by atoms with Gasteiger partial charge in [0.25, 0.3) is 0 Å². The zero-order chi connectivity index (χ0) is 15.1. The van der Waals surface area contributed by atoms with E-state index in [2.05, 4.69) is 79.1 Å². The lowest BCUT2D eigenvalue weighted by Crippen LogP contribution is -2.30. The number of halogens is 1. The Kier molecular flexibility index (Phi) is 7.78. The van der Waals surface area contributed by atoms with Gasteiger partial charge in [0.15, 0.2) is 0 Å². The lowest BCUT2D eigenvalue weighted by Gasteiger charge is -2.26. The number of nitrogens with one attached hydrogen (secondary N) is 1. The fraction of sp³-hybridized carbons (Fsp3) is 0.647. The molecule has 0 saturated heterocycles. The predicted octanol–water partition coefficient (Wildman–Crippen LogP) is 4.57. The van der Waals surface area contributed by atoms with Crippen LogP contribution in [0.3, 0.4) is 0 Å². The fourth-order valence-electron chi connectivity index (χ4n) is 2.46. The summed E-state index contributed by atoms with van der Waals surface area (Å²) in [6, 6.07) is 7.92. The van der Waals surface area contributed by atoms with Gasteiger partial charge in [-0.05, 0) is 37.1 Å². The summed E-state index contributed by atoms with van der Waals surface area (Å²) in [5.41, 5.74) is 2.70. The topological polar surface area (TPSA) is 15.3 Å². The minimum atomic E-state index is 0.523. The smallest absolute Gasteiger partial charge is 0.0244 e. The molecule has 0 heterocycles. The van der Waals surface area contributed by atoms with Crippen LogP contribution in [0.15, 0.2) is 22.7 Å². The first-order chi connectivity index (χ1) is 9.47. The maximum atomic E-state index is 3.72. The molecule has 0 aliphatic rings. The summed E-state index contributed by atoms with van der Waals surface area (Å²) in [6.45, 7) is 10.8. The lowest BCUT2D eigenvalue weighted by atomic mass is 10.1. The van der Waals surface area contributed by atoms with Gasteiger partial charge in [0, 0.05) is 29.6 Å². The average Bonchev–Trinajstić information content (AvgIpc) is 2.40. The van der Waals surface area contributed by atoms with E-state index in [1.807, 2.05) is 0 Å². The van der Waals surface area contributed by atoms with Crippen molar-refractivity contribution in [1.82, 2.24) is 10.2 Å². The predicted molar refractivity (Wildman–Crippen MR) is 92.0 cm³/mol. The molecule has 1 aromatic carbocycles. The second-order valence-corrected chi connectivity index (χ2v) is 6.70. The molecule has 0 bridgehead atoms. The van der Waals surface area contributed by atoms with E-state index in [1.54, 1.807) is 0 Å². The quantitative estimate of drug-likeness (QED) is 0.745. The van der Waals surface area contributed by atoms with E-state index in [0.29, 0.717) is 12.1 Å². The summed E-state index contributed by atoms with van der Waals surface area (Å²) in [5.74, 6) is 0. The van der Waals surface area contributed by atoms with E-state index in [9.17, 15) is 0 Å². The Morgan fingerprint density at radius 3 is 2.35 bits per heavy atom. The van der Waals surface area contributed by atoms with Crippen molar-refractivity contribution in [3.63, 3.8) is 0 Å². The molecule has 0 aromatic heterocycles. The highest BCUT2D eigenvalue weighted by Crippen LogP contribution is 2.21. The van der Waals surface area contributed by atoms with E-state index in [0.717, 1.165) is 13.1 Å². The molecule has 0 radical (unpaired) electrons. The summed E-state index contributed by atoms with van der Waals surface area (Å²) in [4.78, 5) is 2.45. The molecule has 0 aliphatic heterocycles. The summed E-state index contributed by atoms with van der Waals surface area (Å²) < 4.78 is 1.22. The number of benzene rings is 1. The number of nitrogens with zero attached hydrogens (tertiary/aromatic N) is 1. The molecule has 0 saturated carbocycles. The van der Waals surface area contributed by atoms with E-state index in [-0.39, 0.29) is 0 Å². The van der Waals surface area contributed by atoms with Gasteiger partial charge in [-0.2, -0.15) is 0 Å². The molecule has 0 fully saturated rings. The largest absolute Gasteiger partial charge is 0.310 e. The lowest BCUT2D eigenvalue weighted by molar-refractivity contribution is 0.221. The van der Waals surface area contributed by atoms with Crippen molar-refractivity contribution in [2.45, 2.75) is 65.7 Å². The summed E-state index contributed by atoms with van der Waals surface area (Å²) >= 11 is 3.72. The molecule has 0 amide bonds. The Morgan fingerprint density at radius 1 is 1.20 bits per heavy atom. The number of hydrogen-bond acceptors (Lipinski definition) is 2. The highest BCUT2D eigenvalue weighted by atomic mass is 79.9. The molecular formula is C17H29BrN2. The van der Waals surface area contributed by atoms with Gasteiger partial charge in [0.05, 0.1) is 0 Å². The van der Waals surface area contributed by atoms with Crippen LogP contribution in [0.2, 0.25) is 0 Å². The normalized spacial score (nSPS) is 11.8. The fourth-order valence-corrected chi connectivity index (χ4v) is 3.01. The Bertz CT molecular complexity index is 400. The number of rotatable bonds is 8. The first kappa shape index (κ1) is 17.7.